The first-order chi connectivity index (χ1) is 8.54. The van der Waals surface area contributed by atoms with Gasteiger partial charge in [0.25, 0.3) is 0 Å². The summed E-state index contributed by atoms with van der Waals surface area (Å²) in [6.07, 6.45) is -7.65. The standard InChI is InChI=1S/C9H10BrF3N2O3S/c10-6-3-5(1-2-7(6)14)19(17,18)15-4-8(16)9(11,12)13/h1-3,8,15-16H,4,14H2. The van der Waals surface area contributed by atoms with Crippen LogP contribution in [0.2, 0.25) is 0 Å². The highest BCUT2D eigenvalue weighted by atomic mass is 79.9. The molecule has 1 aromatic carbocycles. The van der Waals surface area contributed by atoms with Crippen LogP contribution in [0.4, 0.5) is 18.9 Å². The molecule has 0 amide bonds. The summed E-state index contributed by atoms with van der Waals surface area (Å²) >= 11 is 3.00. The fourth-order valence-corrected chi connectivity index (χ4v) is 2.66. The number of aliphatic hydroxyl groups is 1. The van der Waals surface area contributed by atoms with E-state index >= 15 is 0 Å². The Morgan fingerprint density at radius 1 is 1.42 bits per heavy atom. The monoisotopic (exact) mass is 362 g/mol. The lowest BCUT2D eigenvalue weighted by molar-refractivity contribution is -0.200. The maximum Gasteiger partial charge on any atom is 0.415 e. The molecular weight excluding hydrogens is 353 g/mol. The van der Waals surface area contributed by atoms with Gasteiger partial charge < -0.3 is 10.8 Å². The summed E-state index contributed by atoms with van der Waals surface area (Å²) in [6, 6.07) is 3.58. The zero-order chi connectivity index (χ0) is 14.8. The average molecular weight is 363 g/mol. The minimum Gasteiger partial charge on any atom is -0.398 e. The van der Waals surface area contributed by atoms with Crippen molar-refractivity contribution in [3.63, 3.8) is 0 Å². The van der Waals surface area contributed by atoms with Gasteiger partial charge in [-0.25, -0.2) is 13.1 Å². The highest BCUT2D eigenvalue weighted by Crippen LogP contribution is 2.23. The summed E-state index contributed by atoms with van der Waals surface area (Å²) in [7, 11) is -4.15. The van der Waals surface area contributed by atoms with Gasteiger partial charge >= 0.3 is 6.18 Å². The van der Waals surface area contributed by atoms with Crippen molar-refractivity contribution >= 4 is 31.6 Å². The lowest BCUT2D eigenvalue weighted by Gasteiger charge is -2.15. The molecule has 0 fully saturated rings. The number of benzene rings is 1. The van der Waals surface area contributed by atoms with Crippen LogP contribution in [-0.4, -0.2) is 32.3 Å². The molecule has 0 spiro atoms. The summed E-state index contributed by atoms with van der Waals surface area (Å²) in [6.45, 7) is -1.16. The van der Waals surface area contributed by atoms with E-state index in [1.165, 1.54) is 6.07 Å². The van der Waals surface area contributed by atoms with Gasteiger partial charge in [0, 0.05) is 16.7 Å². The predicted octanol–water partition coefficient (Wildman–Crippen LogP) is 1.23. The molecule has 0 saturated heterocycles. The van der Waals surface area contributed by atoms with Crippen molar-refractivity contribution in [1.29, 1.82) is 0 Å². The van der Waals surface area contributed by atoms with Crippen LogP contribution in [0, 0.1) is 0 Å². The number of rotatable bonds is 4. The predicted molar refractivity (Wildman–Crippen MR) is 65.8 cm³/mol. The van der Waals surface area contributed by atoms with Gasteiger partial charge in [0.2, 0.25) is 10.0 Å². The SMILES string of the molecule is Nc1ccc(S(=O)(=O)NCC(O)C(F)(F)F)cc1Br. The van der Waals surface area contributed by atoms with E-state index in [1.54, 1.807) is 4.72 Å². The largest absolute Gasteiger partial charge is 0.415 e. The van der Waals surface area contributed by atoms with E-state index in [0.29, 0.717) is 4.47 Å². The van der Waals surface area contributed by atoms with Crippen molar-refractivity contribution in [2.24, 2.45) is 0 Å². The maximum atomic E-state index is 12.0. The minimum absolute atomic E-state index is 0.261. The summed E-state index contributed by atoms with van der Waals surface area (Å²) in [5.74, 6) is 0. The van der Waals surface area contributed by atoms with Gasteiger partial charge in [0.05, 0.1) is 4.90 Å². The molecule has 0 heterocycles. The van der Waals surface area contributed by atoms with Crippen LogP contribution in [0.25, 0.3) is 0 Å². The molecule has 0 aliphatic carbocycles. The average Bonchev–Trinajstić information content (AvgIpc) is 2.28. The molecule has 1 unspecified atom stereocenters. The lowest BCUT2D eigenvalue weighted by Crippen LogP contribution is -2.40. The number of alkyl halides is 3. The number of sulfonamides is 1. The fraction of sp³-hybridized carbons (Fsp3) is 0.333. The molecule has 1 aromatic rings. The van der Waals surface area contributed by atoms with Crippen molar-refractivity contribution < 1.29 is 26.7 Å². The molecular formula is C9H10BrF3N2O3S. The Kier molecular flexibility index (Phi) is 4.82. The normalized spacial score (nSPS) is 14.4. The number of nitrogens with one attached hydrogen (secondary N) is 1. The third-order valence-electron chi connectivity index (χ3n) is 2.13. The van der Waals surface area contributed by atoms with Gasteiger partial charge in [-0.05, 0) is 34.1 Å². The van der Waals surface area contributed by atoms with Crippen LogP contribution in [-0.2, 0) is 10.0 Å². The number of hydrogen-bond acceptors (Lipinski definition) is 4. The Labute approximate surface area is 115 Å². The topological polar surface area (TPSA) is 92.4 Å². The highest BCUT2D eigenvalue weighted by Gasteiger charge is 2.38. The van der Waals surface area contributed by atoms with E-state index in [0.717, 1.165) is 12.1 Å². The first-order valence-electron chi connectivity index (χ1n) is 4.83. The Bertz CT molecular complexity index is 562. The van der Waals surface area contributed by atoms with Gasteiger partial charge in [0.1, 0.15) is 0 Å². The van der Waals surface area contributed by atoms with Crippen molar-refractivity contribution in [2.45, 2.75) is 17.2 Å². The number of anilines is 1. The van der Waals surface area contributed by atoms with E-state index in [-0.39, 0.29) is 10.6 Å². The second-order valence-electron chi connectivity index (χ2n) is 3.59. The van der Waals surface area contributed by atoms with Gasteiger partial charge in [-0.1, -0.05) is 0 Å². The van der Waals surface area contributed by atoms with E-state index in [4.69, 9.17) is 10.8 Å². The lowest BCUT2D eigenvalue weighted by atomic mass is 10.3. The van der Waals surface area contributed by atoms with Crippen LogP contribution >= 0.6 is 15.9 Å². The number of nitrogen functional groups attached to an aromatic ring is 1. The van der Waals surface area contributed by atoms with Gasteiger partial charge in [-0.3, -0.25) is 0 Å². The third kappa shape index (κ3) is 4.34. The molecule has 0 bridgehead atoms. The molecule has 108 valence electrons. The van der Waals surface area contributed by atoms with Crippen LogP contribution in [0.5, 0.6) is 0 Å². The molecule has 0 aromatic heterocycles. The Morgan fingerprint density at radius 3 is 2.47 bits per heavy atom. The quantitative estimate of drug-likeness (QED) is 0.702. The highest BCUT2D eigenvalue weighted by molar-refractivity contribution is 9.10. The first-order valence-corrected chi connectivity index (χ1v) is 7.11. The molecule has 1 rings (SSSR count). The van der Waals surface area contributed by atoms with Crippen molar-refractivity contribution in [1.82, 2.24) is 4.72 Å². The van der Waals surface area contributed by atoms with Crippen molar-refractivity contribution in [3.05, 3.63) is 22.7 Å². The van der Waals surface area contributed by atoms with E-state index in [2.05, 4.69) is 15.9 Å². The molecule has 19 heavy (non-hydrogen) atoms. The van der Waals surface area contributed by atoms with Crippen LogP contribution in [0.15, 0.2) is 27.6 Å². The Morgan fingerprint density at radius 2 is 2.00 bits per heavy atom. The number of nitrogens with two attached hydrogens (primary N) is 1. The van der Waals surface area contributed by atoms with Crippen LogP contribution in [0.3, 0.4) is 0 Å². The Balaban J connectivity index is 2.85. The number of halogens is 4. The molecule has 0 saturated carbocycles. The second-order valence-corrected chi connectivity index (χ2v) is 6.21. The van der Waals surface area contributed by atoms with E-state index in [1.807, 2.05) is 0 Å². The summed E-state index contributed by atoms with van der Waals surface area (Å²) < 4.78 is 61.4. The second kappa shape index (κ2) is 5.65. The van der Waals surface area contributed by atoms with Gasteiger partial charge in [0.15, 0.2) is 6.10 Å². The molecule has 0 aliphatic heterocycles. The zero-order valence-electron chi connectivity index (χ0n) is 9.28. The molecule has 0 aliphatic rings. The van der Waals surface area contributed by atoms with Gasteiger partial charge in [-0.15, -0.1) is 0 Å². The molecule has 5 nitrogen and oxygen atoms in total. The summed E-state index contributed by atoms with van der Waals surface area (Å²) in [4.78, 5) is -0.261. The zero-order valence-corrected chi connectivity index (χ0v) is 11.7. The minimum atomic E-state index is -4.88. The third-order valence-corrected chi connectivity index (χ3v) is 4.23. The van der Waals surface area contributed by atoms with Crippen LogP contribution < -0.4 is 10.5 Å². The molecule has 10 heteroatoms. The fourth-order valence-electron chi connectivity index (χ4n) is 1.06. The number of aliphatic hydroxyl groups excluding tert-OH is 1. The van der Waals surface area contributed by atoms with Crippen molar-refractivity contribution in [2.75, 3.05) is 12.3 Å². The number of hydrogen-bond donors (Lipinski definition) is 3. The molecule has 0 radical (unpaired) electrons. The first kappa shape index (κ1) is 16.2. The van der Waals surface area contributed by atoms with E-state index < -0.39 is 28.8 Å². The Hall–Kier alpha value is -0.840. The molecule has 1 atom stereocenters. The maximum absolute atomic E-state index is 12.0. The van der Waals surface area contributed by atoms with E-state index in [9.17, 15) is 21.6 Å². The molecule has 4 N–H and O–H groups in total. The van der Waals surface area contributed by atoms with Crippen LogP contribution in [0.1, 0.15) is 0 Å². The van der Waals surface area contributed by atoms with Gasteiger partial charge in [-0.2, -0.15) is 13.2 Å². The summed E-state index contributed by atoms with van der Waals surface area (Å²) in [5, 5.41) is 8.71. The summed E-state index contributed by atoms with van der Waals surface area (Å²) in [5.41, 5.74) is 5.75. The van der Waals surface area contributed by atoms with Crippen molar-refractivity contribution in [3.8, 4) is 0 Å². The smallest absolute Gasteiger partial charge is 0.398 e.